The third-order valence-corrected chi connectivity index (χ3v) is 1.92. The minimum Gasteiger partial charge on any atom is -0.465 e. The largest absolute Gasteiger partial charge is 0.465 e. The summed E-state index contributed by atoms with van der Waals surface area (Å²) in [6.45, 7) is -0.670. The minimum absolute atomic E-state index is 0.323. The second-order valence-electron chi connectivity index (χ2n) is 3.89. The van der Waals surface area contributed by atoms with Gasteiger partial charge in [0.25, 0.3) is 0 Å². The van der Waals surface area contributed by atoms with Crippen molar-refractivity contribution in [1.82, 2.24) is 0 Å². The fraction of sp³-hybridized carbons (Fsp3) is 0.727. The fourth-order valence-electron chi connectivity index (χ4n) is 1.09. The number of halogens is 5. The maximum absolute atomic E-state index is 13.0. The number of esters is 2. The molecule has 0 saturated heterocycles. The van der Waals surface area contributed by atoms with Gasteiger partial charge in [-0.15, -0.1) is 0 Å². The Balaban J connectivity index is 4.01. The molecule has 10 heteroatoms. The van der Waals surface area contributed by atoms with E-state index in [2.05, 4.69) is 9.47 Å². The fourth-order valence-corrected chi connectivity index (χ4v) is 1.09. The SMILES string of the molecule is N#CCCC(=O)OC(F)(F)CC(=O)OCCCC(F)(F)F. The van der Waals surface area contributed by atoms with Crippen molar-refractivity contribution in [3.8, 4) is 6.07 Å². The average molecular weight is 317 g/mol. The van der Waals surface area contributed by atoms with E-state index in [0.29, 0.717) is 0 Å². The van der Waals surface area contributed by atoms with Gasteiger partial charge in [0.2, 0.25) is 0 Å². The molecule has 0 spiro atoms. The Morgan fingerprint density at radius 2 is 1.71 bits per heavy atom. The van der Waals surface area contributed by atoms with Gasteiger partial charge in [-0.05, 0) is 6.42 Å². The molecule has 0 aliphatic carbocycles. The Morgan fingerprint density at radius 1 is 1.10 bits per heavy atom. The summed E-state index contributed by atoms with van der Waals surface area (Å²) < 4.78 is 69.2. The predicted molar refractivity (Wildman–Crippen MR) is 56.8 cm³/mol. The van der Waals surface area contributed by atoms with Crippen LogP contribution in [0, 0.1) is 11.3 Å². The highest BCUT2D eigenvalue weighted by atomic mass is 19.4. The lowest BCUT2D eigenvalue weighted by molar-refractivity contribution is -0.237. The highest BCUT2D eigenvalue weighted by Gasteiger charge is 2.37. The number of carbonyl (C=O) groups excluding carboxylic acids is 2. The number of alkyl halides is 5. The number of nitrogens with zero attached hydrogens (tertiary/aromatic N) is 1. The van der Waals surface area contributed by atoms with E-state index in [4.69, 9.17) is 5.26 Å². The third-order valence-electron chi connectivity index (χ3n) is 1.92. The Bertz CT molecular complexity index is 402. The van der Waals surface area contributed by atoms with E-state index in [9.17, 15) is 31.5 Å². The summed E-state index contributed by atoms with van der Waals surface area (Å²) in [5, 5.41) is 8.14. The van der Waals surface area contributed by atoms with Gasteiger partial charge in [-0.1, -0.05) is 0 Å². The predicted octanol–water partition coefficient (Wildman–Crippen LogP) is 2.70. The molecule has 0 rings (SSSR count). The molecule has 5 nitrogen and oxygen atoms in total. The first-order chi connectivity index (χ1) is 9.56. The molecule has 0 aromatic heterocycles. The van der Waals surface area contributed by atoms with Gasteiger partial charge in [0.15, 0.2) is 0 Å². The standard InChI is InChI=1S/C11H12F5NO4/c12-10(13,14)4-2-6-20-9(19)7-11(15,16)21-8(18)3-1-5-17/h1-4,6-7H2. The van der Waals surface area contributed by atoms with Crippen molar-refractivity contribution in [1.29, 1.82) is 5.26 Å². The first kappa shape index (κ1) is 19.1. The number of hydrogen-bond acceptors (Lipinski definition) is 5. The van der Waals surface area contributed by atoms with Crippen LogP contribution in [0.2, 0.25) is 0 Å². The van der Waals surface area contributed by atoms with E-state index in [-0.39, 0.29) is 6.42 Å². The Labute approximate surface area is 116 Å². The van der Waals surface area contributed by atoms with Crippen LogP contribution in [-0.4, -0.2) is 30.8 Å². The van der Waals surface area contributed by atoms with Gasteiger partial charge in [0.05, 0.1) is 19.1 Å². The lowest BCUT2D eigenvalue weighted by atomic mass is 10.3. The lowest BCUT2D eigenvalue weighted by Crippen LogP contribution is -2.29. The molecule has 0 fully saturated rings. The molecule has 0 aromatic rings. The van der Waals surface area contributed by atoms with Crippen LogP contribution >= 0.6 is 0 Å². The molecule has 0 amide bonds. The van der Waals surface area contributed by atoms with Crippen molar-refractivity contribution in [3.63, 3.8) is 0 Å². The van der Waals surface area contributed by atoms with Crippen molar-refractivity contribution in [2.24, 2.45) is 0 Å². The van der Waals surface area contributed by atoms with Crippen LogP contribution in [0.3, 0.4) is 0 Å². The number of hydrogen-bond donors (Lipinski definition) is 0. The van der Waals surface area contributed by atoms with Crippen molar-refractivity contribution < 1.29 is 41.0 Å². The average Bonchev–Trinajstić information content (AvgIpc) is 2.29. The van der Waals surface area contributed by atoms with E-state index in [1.165, 1.54) is 0 Å². The third kappa shape index (κ3) is 11.6. The van der Waals surface area contributed by atoms with Gasteiger partial charge < -0.3 is 9.47 Å². The van der Waals surface area contributed by atoms with Crippen LogP contribution in [0.25, 0.3) is 0 Å². The smallest absolute Gasteiger partial charge is 0.410 e. The van der Waals surface area contributed by atoms with Crippen molar-refractivity contribution in [2.45, 2.75) is 44.4 Å². The maximum atomic E-state index is 13.0. The molecule has 0 unspecified atom stereocenters. The van der Waals surface area contributed by atoms with Crippen molar-refractivity contribution in [2.75, 3.05) is 6.61 Å². The van der Waals surface area contributed by atoms with Gasteiger partial charge in [0, 0.05) is 12.8 Å². The van der Waals surface area contributed by atoms with Crippen LogP contribution in [0.5, 0.6) is 0 Å². The number of nitriles is 1. The molecule has 0 radical (unpaired) electrons. The molecule has 0 saturated carbocycles. The summed E-state index contributed by atoms with van der Waals surface area (Å²) >= 11 is 0. The summed E-state index contributed by atoms with van der Waals surface area (Å²) in [5.41, 5.74) is 0. The number of ether oxygens (including phenoxy) is 2. The molecular weight excluding hydrogens is 305 g/mol. The van der Waals surface area contributed by atoms with Crippen LogP contribution in [0.1, 0.15) is 32.1 Å². The van der Waals surface area contributed by atoms with Crippen LogP contribution in [0.4, 0.5) is 22.0 Å². The Hall–Kier alpha value is -1.92. The van der Waals surface area contributed by atoms with E-state index >= 15 is 0 Å². The summed E-state index contributed by atoms with van der Waals surface area (Å²) in [6, 6.07) is 1.54. The highest BCUT2D eigenvalue weighted by molar-refractivity contribution is 5.72. The topological polar surface area (TPSA) is 76.4 Å². The van der Waals surface area contributed by atoms with E-state index in [1.807, 2.05) is 0 Å². The Morgan fingerprint density at radius 3 is 2.24 bits per heavy atom. The molecule has 0 aromatic carbocycles. The van der Waals surface area contributed by atoms with Gasteiger partial charge >= 0.3 is 24.2 Å². The first-order valence-electron chi connectivity index (χ1n) is 5.75. The quantitative estimate of drug-likeness (QED) is 0.391. The number of carbonyl (C=O) groups is 2. The molecule has 120 valence electrons. The number of rotatable bonds is 8. The van der Waals surface area contributed by atoms with E-state index < -0.39 is 56.5 Å². The zero-order valence-corrected chi connectivity index (χ0v) is 10.7. The zero-order valence-electron chi connectivity index (χ0n) is 10.7. The normalized spacial score (nSPS) is 11.6. The molecule has 0 heterocycles. The zero-order chi connectivity index (χ0) is 16.5. The van der Waals surface area contributed by atoms with Gasteiger partial charge in [-0.3, -0.25) is 9.59 Å². The van der Waals surface area contributed by atoms with Crippen molar-refractivity contribution >= 4 is 11.9 Å². The Kier molecular flexibility index (Phi) is 7.62. The second kappa shape index (κ2) is 8.39. The molecule has 0 N–H and O–H groups in total. The maximum Gasteiger partial charge on any atom is 0.410 e. The van der Waals surface area contributed by atoms with Gasteiger partial charge in [-0.25, -0.2) is 0 Å². The molecule has 0 bridgehead atoms. The molecule has 21 heavy (non-hydrogen) atoms. The minimum atomic E-state index is -4.42. The first-order valence-corrected chi connectivity index (χ1v) is 5.75. The summed E-state index contributed by atoms with van der Waals surface area (Å²) in [7, 11) is 0. The van der Waals surface area contributed by atoms with Gasteiger partial charge in [0.1, 0.15) is 6.42 Å². The van der Waals surface area contributed by atoms with E-state index in [0.717, 1.165) is 0 Å². The van der Waals surface area contributed by atoms with Crippen molar-refractivity contribution in [3.05, 3.63) is 0 Å². The monoisotopic (exact) mass is 317 g/mol. The van der Waals surface area contributed by atoms with Gasteiger partial charge in [-0.2, -0.15) is 27.2 Å². The second-order valence-corrected chi connectivity index (χ2v) is 3.89. The molecular formula is C11H12F5NO4. The van der Waals surface area contributed by atoms with E-state index in [1.54, 1.807) is 6.07 Å². The van der Waals surface area contributed by atoms with Crippen LogP contribution in [-0.2, 0) is 19.1 Å². The summed E-state index contributed by atoms with van der Waals surface area (Å²) in [6.07, 6.45) is -12.8. The summed E-state index contributed by atoms with van der Waals surface area (Å²) in [5.74, 6) is -2.86. The highest BCUT2D eigenvalue weighted by Crippen LogP contribution is 2.23. The molecule has 0 aliphatic rings. The molecule has 0 aliphatic heterocycles. The van der Waals surface area contributed by atoms with Crippen LogP contribution in [0.15, 0.2) is 0 Å². The summed E-state index contributed by atoms with van der Waals surface area (Å²) in [4.78, 5) is 21.8. The van der Waals surface area contributed by atoms with Crippen LogP contribution < -0.4 is 0 Å². The lowest BCUT2D eigenvalue weighted by Gasteiger charge is -2.15. The molecule has 0 atom stereocenters.